The molecule has 1 aromatic heterocycles. The number of hydrogen-bond donors (Lipinski definition) is 2. The van der Waals surface area contributed by atoms with Gasteiger partial charge in [0.1, 0.15) is 5.82 Å². The lowest BCUT2D eigenvalue weighted by Crippen LogP contribution is -2.16. The lowest BCUT2D eigenvalue weighted by Gasteiger charge is -2.09. The Balaban J connectivity index is 1.94. The fourth-order valence-electron chi connectivity index (χ4n) is 1.87. The first-order valence-electron chi connectivity index (χ1n) is 6.44. The van der Waals surface area contributed by atoms with Crippen molar-refractivity contribution in [2.45, 2.75) is 13.0 Å². The van der Waals surface area contributed by atoms with Gasteiger partial charge in [-0.3, -0.25) is 4.98 Å². The van der Waals surface area contributed by atoms with Crippen LogP contribution in [-0.4, -0.2) is 22.6 Å². The average molecular weight is 289 g/mol. The normalized spacial score (nSPS) is 11.6. The molecule has 0 aliphatic heterocycles. The van der Waals surface area contributed by atoms with Crippen molar-refractivity contribution in [3.05, 3.63) is 65.2 Å². The molecule has 0 atom stereocenters. The first-order chi connectivity index (χ1) is 10.2. The van der Waals surface area contributed by atoms with Gasteiger partial charge in [-0.1, -0.05) is 17.3 Å². The third-order valence-corrected chi connectivity index (χ3v) is 2.94. The highest BCUT2D eigenvalue weighted by Gasteiger charge is 2.09. The Hall–Kier alpha value is -2.47. The fraction of sp³-hybridized carbons (Fsp3) is 0.200. The van der Waals surface area contributed by atoms with Crippen LogP contribution in [0.25, 0.3) is 0 Å². The SMILES string of the molecule is NC(=NO)c1cc(F)ccc1COCCc1ccccn1. The zero-order valence-electron chi connectivity index (χ0n) is 11.4. The average Bonchev–Trinajstić information content (AvgIpc) is 2.53. The van der Waals surface area contributed by atoms with Gasteiger partial charge in [-0.15, -0.1) is 0 Å². The van der Waals surface area contributed by atoms with Crippen molar-refractivity contribution in [1.82, 2.24) is 4.98 Å². The number of aromatic nitrogens is 1. The maximum absolute atomic E-state index is 13.2. The largest absolute Gasteiger partial charge is 0.409 e. The number of benzene rings is 1. The Morgan fingerprint density at radius 3 is 2.90 bits per heavy atom. The molecule has 2 aromatic rings. The lowest BCUT2D eigenvalue weighted by molar-refractivity contribution is 0.123. The maximum Gasteiger partial charge on any atom is 0.170 e. The van der Waals surface area contributed by atoms with Crippen LogP contribution in [0.15, 0.2) is 47.8 Å². The second kappa shape index (κ2) is 7.35. The van der Waals surface area contributed by atoms with Crippen molar-refractivity contribution < 1.29 is 14.3 Å². The summed E-state index contributed by atoms with van der Waals surface area (Å²) < 4.78 is 18.8. The van der Waals surface area contributed by atoms with Gasteiger partial charge in [-0.05, 0) is 29.8 Å². The number of halogens is 1. The molecule has 0 fully saturated rings. The highest BCUT2D eigenvalue weighted by Crippen LogP contribution is 2.13. The van der Waals surface area contributed by atoms with Gasteiger partial charge in [-0.25, -0.2) is 4.39 Å². The molecule has 0 saturated carbocycles. The van der Waals surface area contributed by atoms with Crippen LogP contribution in [0, 0.1) is 5.82 Å². The van der Waals surface area contributed by atoms with Crippen LogP contribution < -0.4 is 5.73 Å². The summed E-state index contributed by atoms with van der Waals surface area (Å²) in [6, 6.07) is 9.77. The molecule has 2 rings (SSSR count). The van der Waals surface area contributed by atoms with Crippen LogP contribution in [0.4, 0.5) is 4.39 Å². The van der Waals surface area contributed by atoms with Gasteiger partial charge in [0.2, 0.25) is 0 Å². The Morgan fingerprint density at radius 2 is 2.19 bits per heavy atom. The molecule has 3 N–H and O–H groups in total. The van der Waals surface area contributed by atoms with Crippen LogP contribution >= 0.6 is 0 Å². The van der Waals surface area contributed by atoms with E-state index in [9.17, 15) is 4.39 Å². The second-order valence-electron chi connectivity index (χ2n) is 4.41. The predicted molar refractivity (Wildman–Crippen MR) is 76.5 cm³/mol. The molecule has 1 aromatic carbocycles. The van der Waals surface area contributed by atoms with Crippen LogP contribution in [0.1, 0.15) is 16.8 Å². The van der Waals surface area contributed by atoms with E-state index in [0.29, 0.717) is 24.2 Å². The number of amidine groups is 1. The number of ether oxygens (including phenoxy) is 1. The predicted octanol–water partition coefficient (Wildman–Crippen LogP) is 2.07. The standard InChI is InChI=1S/C15H16FN3O2/c16-12-5-4-11(14(9-12)15(17)19-20)10-21-8-6-13-3-1-2-7-18-13/h1-5,7,9,20H,6,8,10H2,(H2,17,19). The highest BCUT2D eigenvalue weighted by atomic mass is 19.1. The van der Waals surface area contributed by atoms with E-state index in [1.807, 2.05) is 18.2 Å². The van der Waals surface area contributed by atoms with Gasteiger partial charge in [0.25, 0.3) is 0 Å². The molecule has 0 bridgehead atoms. The minimum Gasteiger partial charge on any atom is -0.409 e. The van der Waals surface area contributed by atoms with E-state index < -0.39 is 5.82 Å². The quantitative estimate of drug-likeness (QED) is 0.280. The summed E-state index contributed by atoms with van der Waals surface area (Å²) in [6.45, 7) is 0.725. The molecular formula is C15H16FN3O2. The monoisotopic (exact) mass is 289 g/mol. The van der Waals surface area contributed by atoms with Gasteiger partial charge in [-0.2, -0.15) is 0 Å². The van der Waals surface area contributed by atoms with Crippen molar-refractivity contribution in [3.63, 3.8) is 0 Å². The summed E-state index contributed by atoms with van der Waals surface area (Å²) in [4.78, 5) is 4.19. The topological polar surface area (TPSA) is 80.7 Å². The third kappa shape index (κ3) is 4.25. The van der Waals surface area contributed by atoms with Crippen molar-refractivity contribution in [3.8, 4) is 0 Å². The van der Waals surface area contributed by atoms with Gasteiger partial charge in [0.15, 0.2) is 5.84 Å². The zero-order valence-corrected chi connectivity index (χ0v) is 11.4. The van der Waals surface area contributed by atoms with E-state index in [-0.39, 0.29) is 12.4 Å². The summed E-state index contributed by atoms with van der Waals surface area (Å²) >= 11 is 0. The number of pyridine rings is 1. The third-order valence-electron chi connectivity index (χ3n) is 2.94. The Morgan fingerprint density at radius 1 is 1.33 bits per heavy atom. The molecule has 0 unspecified atom stereocenters. The molecule has 0 radical (unpaired) electrons. The van der Waals surface area contributed by atoms with Crippen LogP contribution in [0.3, 0.4) is 0 Å². The number of rotatable bonds is 6. The van der Waals surface area contributed by atoms with Gasteiger partial charge in [0.05, 0.1) is 13.2 Å². The summed E-state index contributed by atoms with van der Waals surface area (Å²) in [5, 5.41) is 11.6. The first-order valence-corrected chi connectivity index (χ1v) is 6.44. The first kappa shape index (κ1) is 14.9. The molecule has 21 heavy (non-hydrogen) atoms. The molecule has 0 amide bonds. The number of oxime groups is 1. The van der Waals surface area contributed by atoms with Gasteiger partial charge in [0, 0.05) is 23.9 Å². The van der Waals surface area contributed by atoms with Crippen molar-refractivity contribution >= 4 is 5.84 Å². The van der Waals surface area contributed by atoms with Crippen molar-refractivity contribution in [1.29, 1.82) is 0 Å². The second-order valence-corrected chi connectivity index (χ2v) is 4.41. The molecule has 0 aliphatic carbocycles. The molecule has 0 aliphatic rings. The smallest absolute Gasteiger partial charge is 0.170 e. The maximum atomic E-state index is 13.2. The van der Waals surface area contributed by atoms with Gasteiger partial charge >= 0.3 is 0 Å². The van der Waals surface area contributed by atoms with E-state index in [1.54, 1.807) is 12.3 Å². The van der Waals surface area contributed by atoms with Crippen molar-refractivity contribution in [2.75, 3.05) is 6.61 Å². The fourth-order valence-corrected chi connectivity index (χ4v) is 1.87. The minimum absolute atomic E-state index is 0.141. The summed E-state index contributed by atoms with van der Waals surface area (Å²) in [5.41, 5.74) is 7.45. The highest BCUT2D eigenvalue weighted by molar-refractivity contribution is 5.98. The van der Waals surface area contributed by atoms with E-state index in [1.165, 1.54) is 12.1 Å². The molecule has 0 spiro atoms. The molecule has 1 heterocycles. The van der Waals surface area contributed by atoms with Crippen LogP contribution in [0.5, 0.6) is 0 Å². The summed E-state index contributed by atoms with van der Waals surface area (Å²) in [5.74, 6) is -0.591. The zero-order chi connectivity index (χ0) is 15.1. The molecule has 5 nitrogen and oxygen atoms in total. The Bertz CT molecular complexity index is 618. The van der Waals surface area contributed by atoms with Crippen LogP contribution in [-0.2, 0) is 17.8 Å². The summed E-state index contributed by atoms with van der Waals surface area (Å²) in [6.07, 6.45) is 2.41. The number of nitrogens with two attached hydrogens (primary N) is 1. The lowest BCUT2D eigenvalue weighted by atomic mass is 10.1. The minimum atomic E-state index is -0.450. The van der Waals surface area contributed by atoms with E-state index in [2.05, 4.69) is 10.1 Å². The molecule has 6 heteroatoms. The molecular weight excluding hydrogens is 273 g/mol. The van der Waals surface area contributed by atoms with E-state index in [0.717, 1.165) is 5.69 Å². The van der Waals surface area contributed by atoms with E-state index in [4.69, 9.17) is 15.7 Å². The van der Waals surface area contributed by atoms with Crippen LogP contribution in [0.2, 0.25) is 0 Å². The van der Waals surface area contributed by atoms with E-state index >= 15 is 0 Å². The Labute approximate surface area is 121 Å². The van der Waals surface area contributed by atoms with Crippen molar-refractivity contribution in [2.24, 2.45) is 10.9 Å². The summed E-state index contributed by atoms with van der Waals surface area (Å²) in [7, 11) is 0. The van der Waals surface area contributed by atoms with Gasteiger partial charge < -0.3 is 15.7 Å². The number of hydrogen-bond acceptors (Lipinski definition) is 4. The number of nitrogens with zero attached hydrogens (tertiary/aromatic N) is 2. The molecule has 0 saturated heterocycles. The molecule has 110 valence electrons. The Kier molecular flexibility index (Phi) is 5.22.